The second kappa shape index (κ2) is 11.9. The fourth-order valence-corrected chi connectivity index (χ4v) is 6.05. The number of aliphatic hydroxyl groups excluding tert-OH is 2. The molecule has 0 aliphatic carbocycles. The summed E-state index contributed by atoms with van der Waals surface area (Å²) in [6, 6.07) is 20.7. The number of aliphatic hydroxyl groups is 2. The molecule has 0 spiro atoms. The van der Waals surface area contributed by atoms with Crippen molar-refractivity contribution in [3.63, 3.8) is 0 Å². The Morgan fingerprint density at radius 2 is 1.36 bits per heavy atom. The molecule has 2 aromatic carbocycles. The van der Waals surface area contributed by atoms with Gasteiger partial charge in [0.05, 0.1) is 12.7 Å². The van der Waals surface area contributed by atoms with Gasteiger partial charge in [-0.2, -0.15) is 0 Å². The Morgan fingerprint density at radius 1 is 0.833 bits per heavy atom. The summed E-state index contributed by atoms with van der Waals surface area (Å²) in [6.45, 7) is 5.50. The molecule has 4 rings (SSSR count). The molecule has 5 heteroatoms. The molecular formula is C31H42O5. The second-order valence-corrected chi connectivity index (χ2v) is 11.2. The van der Waals surface area contributed by atoms with Crippen molar-refractivity contribution >= 4 is 5.97 Å². The molecule has 6 unspecified atom stereocenters. The normalized spacial score (nSPS) is 25.6. The lowest BCUT2D eigenvalue weighted by Crippen LogP contribution is -2.51. The third-order valence-corrected chi connectivity index (χ3v) is 8.89. The number of unbranched alkanes of at least 4 members (excludes halogenated alkanes) is 2. The molecule has 0 radical (unpaired) electrons. The molecule has 2 saturated heterocycles. The molecule has 2 aliphatic heterocycles. The largest absolute Gasteiger partial charge is 0.464 e. The number of hydrogen-bond donors (Lipinski definition) is 2. The van der Waals surface area contributed by atoms with Crippen LogP contribution in [0.15, 0.2) is 60.7 Å². The first-order chi connectivity index (χ1) is 17.3. The van der Waals surface area contributed by atoms with Crippen LogP contribution in [0.5, 0.6) is 0 Å². The third kappa shape index (κ3) is 5.85. The molecule has 36 heavy (non-hydrogen) atoms. The van der Waals surface area contributed by atoms with E-state index < -0.39 is 6.29 Å². The molecule has 0 saturated carbocycles. The monoisotopic (exact) mass is 494 g/mol. The Hall–Kier alpha value is -2.21. The van der Waals surface area contributed by atoms with Crippen LogP contribution in [0.25, 0.3) is 0 Å². The summed E-state index contributed by atoms with van der Waals surface area (Å²) in [5.74, 6) is -0.0649. The number of carbonyl (C=O) groups is 1. The van der Waals surface area contributed by atoms with E-state index in [1.807, 2.05) is 24.3 Å². The van der Waals surface area contributed by atoms with Crippen LogP contribution in [0.1, 0.15) is 76.3 Å². The van der Waals surface area contributed by atoms with Gasteiger partial charge in [0.15, 0.2) is 6.29 Å². The standard InChI is InChI=1S/C31H42O5/c1-30(26-21-35-28(26)33,23-13-5-3-6-14-23)19-11-9-17-25(32)18-10-12-20-31(2,27-22-36-29(27)34)24-15-7-4-8-16-24/h3-8,13-16,25-28,32-33H,9-12,17-22H2,1-2H3. The van der Waals surface area contributed by atoms with E-state index in [0.717, 1.165) is 51.4 Å². The van der Waals surface area contributed by atoms with Crippen LogP contribution in [-0.2, 0) is 25.1 Å². The predicted octanol–water partition coefficient (Wildman–Crippen LogP) is 5.52. The second-order valence-electron chi connectivity index (χ2n) is 11.2. The van der Waals surface area contributed by atoms with Gasteiger partial charge >= 0.3 is 5.97 Å². The highest BCUT2D eigenvalue weighted by atomic mass is 16.6. The number of rotatable bonds is 14. The first-order valence-corrected chi connectivity index (χ1v) is 13.6. The van der Waals surface area contributed by atoms with E-state index in [4.69, 9.17) is 9.47 Å². The van der Waals surface area contributed by atoms with Gasteiger partial charge in [0.25, 0.3) is 0 Å². The number of ether oxygens (including phenoxy) is 2. The van der Waals surface area contributed by atoms with Crippen LogP contribution in [0.2, 0.25) is 0 Å². The third-order valence-electron chi connectivity index (χ3n) is 8.89. The Morgan fingerprint density at radius 3 is 1.78 bits per heavy atom. The van der Waals surface area contributed by atoms with Gasteiger partial charge in [-0.05, 0) is 36.8 Å². The molecule has 2 aromatic rings. The van der Waals surface area contributed by atoms with E-state index in [2.05, 4.69) is 50.2 Å². The van der Waals surface area contributed by atoms with E-state index in [1.165, 1.54) is 11.1 Å². The molecule has 5 nitrogen and oxygen atoms in total. The van der Waals surface area contributed by atoms with Crippen molar-refractivity contribution in [3.05, 3.63) is 71.8 Å². The molecule has 2 aliphatic rings. The molecule has 0 bridgehead atoms. The van der Waals surface area contributed by atoms with Crippen LogP contribution in [-0.4, -0.2) is 41.8 Å². The van der Waals surface area contributed by atoms with Gasteiger partial charge in [-0.3, -0.25) is 4.79 Å². The van der Waals surface area contributed by atoms with E-state index >= 15 is 0 Å². The zero-order valence-corrected chi connectivity index (χ0v) is 21.8. The zero-order chi connectivity index (χ0) is 25.6. The summed E-state index contributed by atoms with van der Waals surface area (Å²) in [5, 5.41) is 20.8. The summed E-state index contributed by atoms with van der Waals surface area (Å²) in [4.78, 5) is 12.1. The lowest BCUT2D eigenvalue weighted by atomic mass is 9.67. The number of cyclic esters (lactones) is 1. The van der Waals surface area contributed by atoms with E-state index in [1.54, 1.807) is 0 Å². The zero-order valence-electron chi connectivity index (χ0n) is 21.8. The molecule has 0 aromatic heterocycles. The SMILES string of the molecule is CC(CCCCC(O)CCCCC(C)(c1ccccc1)C1COC1O)(c1ccccc1)C1COC1=O. The highest BCUT2D eigenvalue weighted by Gasteiger charge is 2.47. The fourth-order valence-electron chi connectivity index (χ4n) is 6.05. The lowest BCUT2D eigenvalue weighted by Gasteiger charge is -2.46. The number of benzene rings is 2. The Labute approximate surface area is 215 Å². The summed E-state index contributed by atoms with van der Waals surface area (Å²) in [5.41, 5.74) is 2.08. The smallest absolute Gasteiger partial charge is 0.313 e. The van der Waals surface area contributed by atoms with Gasteiger partial charge in [-0.1, -0.05) is 100 Å². The van der Waals surface area contributed by atoms with Crippen molar-refractivity contribution in [1.82, 2.24) is 0 Å². The average Bonchev–Trinajstić information content (AvgIpc) is 2.88. The van der Waals surface area contributed by atoms with Gasteiger partial charge in [-0.25, -0.2) is 0 Å². The highest BCUT2D eigenvalue weighted by molar-refractivity contribution is 5.79. The summed E-state index contributed by atoms with van der Waals surface area (Å²) >= 11 is 0. The lowest BCUT2D eigenvalue weighted by molar-refractivity contribution is -0.252. The number of esters is 1. The van der Waals surface area contributed by atoms with Crippen LogP contribution in [0.3, 0.4) is 0 Å². The van der Waals surface area contributed by atoms with E-state index in [9.17, 15) is 15.0 Å². The first-order valence-electron chi connectivity index (χ1n) is 13.6. The molecule has 6 atom stereocenters. The summed E-state index contributed by atoms with van der Waals surface area (Å²) in [7, 11) is 0. The predicted molar refractivity (Wildman–Crippen MR) is 140 cm³/mol. The Bertz CT molecular complexity index is 963. The van der Waals surface area contributed by atoms with Crippen molar-refractivity contribution < 1.29 is 24.5 Å². The summed E-state index contributed by atoms with van der Waals surface area (Å²) in [6.07, 6.45) is 6.32. The van der Waals surface area contributed by atoms with Crippen LogP contribution >= 0.6 is 0 Å². The van der Waals surface area contributed by atoms with Crippen LogP contribution in [0.4, 0.5) is 0 Å². The van der Waals surface area contributed by atoms with E-state index in [-0.39, 0.29) is 34.7 Å². The quantitative estimate of drug-likeness (QED) is 0.267. The fraction of sp³-hybridized carbons (Fsp3) is 0.581. The maximum absolute atomic E-state index is 12.1. The van der Waals surface area contributed by atoms with Crippen molar-refractivity contribution in [2.45, 2.75) is 88.4 Å². The van der Waals surface area contributed by atoms with Crippen molar-refractivity contribution in [1.29, 1.82) is 0 Å². The van der Waals surface area contributed by atoms with Crippen LogP contribution < -0.4 is 0 Å². The topological polar surface area (TPSA) is 76.0 Å². The minimum Gasteiger partial charge on any atom is -0.464 e. The van der Waals surface area contributed by atoms with Crippen molar-refractivity contribution in [3.8, 4) is 0 Å². The maximum Gasteiger partial charge on any atom is 0.313 e. The molecule has 2 heterocycles. The van der Waals surface area contributed by atoms with Gasteiger partial charge in [0.1, 0.15) is 12.5 Å². The average molecular weight is 495 g/mol. The van der Waals surface area contributed by atoms with E-state index in [0.29, 0.717) is 13.2 Å². The van der Waals surface area contributed by atoms with Gasteiger partial charge < -0.3 is 19.7 Å². The Balaban J connectivity index is 1.21. The molecule has 196 valence electrons. The summed E-state index contributed by atoms with van der Waals surface area (Å²) < 4.78 is 10.4. The first kappa shape index (κ1) is 26.8. The maximum atomic E-state index is 12.1. The van der Waals surface area contributed by atoms with Gasteiger partial charge in [0, 0.05) is 16.7 Å². The van der Waals surface area contributed by atoms with Gasteiger partial charge in [0.2, 0.25) is 0 Å². The number of carbonyl (C=O) groups excluding carboxylic acids is 1. The molecule has 0 amide bonds. The molecular weight excluding hydrogens is 452 g/mol. The Kier molecular flexibility index (Phi) is 8.87. The highest BCUT2D eigenvalue weighted by Crippen LogP contribution is 2.44. The van der Waals surface area contributed by atoms with Crippen molar-refractivity contribution in [2.75, 3.05) is 13.2 Å². The molecule has 2 fully saturated rings. The van der Waals surface area contributed by atoms with Crippen molar-refractivity contribution in [2.24, 2.45) is 11.8 Å². The minimum absolute atomic E-state index is 0.0802. The number of hydrogen-bond acceptors (Lipinski definition) is 5. The van der Waals surface area contributed by atoms with Crippen LogP contribution in [0, 0.1) is 11.8 Å². The minimum atomic E-state index is -0.691. The molecule has 2 N–H and O–H groups in total. The van der Waals surface area contributed by atoms with Gasteiger partial charge in [-0.15, -0.1) is 0 Å².